The average molecular weight is 1490 g/mol. The number of phosphoric acid groups is 2. The van der Waals surface area contributed by atoms with Crippen LogP contribution in [-0.2, 0) is 65.4 Å². The number of aliphatic hydroxyl groups excluding tert-OH is 1. The number of esters is 4. The molecule has 3 unspecified atom stereocenters. The Bertz CT molecular complexity index is 1950. The second-order valence-corrected chi connectivity index (χ2v) is 33.0. The minimum absolute atomic E-state index is 0.109. The summed E-state index contributed by atoms with van der Waals surface area (Å²) in [6.45, 7) is 7.41. The lowest BCUT2D eigenvalue weighted by atomic mass is 9.99. The van der Waals surface area contributed by atoms with Crippen molar-refractivity contribution < 1.29 is 80.2 Å². The highest BCUT2D eigenvalue weighted by Crippen LogP contribution is 2.45. The molecular weight excluding hydrogens is 1330 g/mol. The third kappa shape index (κ3) is 74.9. The van der Waals surface area contributed by atoms with Gasteiger partial charge < -0.3 is 33.8 Å². The Morgan fingerprint density at radius 2 is 0.471 bits per heavy atom. The van der Waals surface area contributed by atoms with Crippen molar-refractivity contribution in [1.29, 1.82) is 0 Å². The van der Waals surface area contributed by atoms with Gasteiger partial charge in [0, 0.05) is 25.7 Å². The summed E-state index contributed by atoms with van der Waals surface area (Å²) in [5.74, 6) is -1.23. The molecule has 0 aromatic rings. The van der Waals surface area contributed by atoms with Gasteiger partial charge >= 0.3 is 39.5 Å². The zero-order valence-corrected chi connectivity index (χ0v) is 68.5. The summed E-state index contributed by atoms with van der Waals surface area (Å²) in [6.07, 6.45) is 67.9. The van der Waals surface area contributed by atoms with E-state index in [0.717, 1.165) is 95.8 Å². The molecule has 0 aliphatic heterocycles. The summed E-state index contributed by atoms with van der Waals surface area (Å²) in [6, 6.07) is 0. The number of hydrogen-bond acceptors (Lipinski definition) is 15. The lowest BCUT2D eigenvalue weighted by Gasteiger charge is -2.21. The van der Waals surface area contributed by atoms with Gasteiger partial charge in [-0.05, 0) is 31.6 Å². The topological polar surface area (TPSA) is 237 Å². The standard InChI is InChI=1S/C83H162O17P2/c1-6-10-13-16-19-22-25-27-33-38-42-47-52-57-62-67-81(86)94-73-79(100-83(88)69-64-59-54-49-44-40-36-32-30-29-31-35-37-41-45-50-55-60-65-76(5)9-4)75-98-102(91,92)96-71-77(84)70-95-101(89,90)97-74-78(72-93-80(85)66-61-56-51-46-24-21-18-15-12-8-3)99-82(87)68-63-58-53-48-43-39-34-28-26-23-20-17-14-11-7-2/h76-79,84H,6-75H2,1-5H3,(H,89,90)(H,91,92)/t76?,77-,78+,79+/m0/s1. The molecule has 102 heavy (non-hydrogen) atoms. The summed E-state index contributed by atoms with van der Waals surface area (Å²) >= 11 is 0. The van der Waals surface area contributed by atoms with Gasteiger partial charge in [-0.2, -0.15) is 0 Å². The van der Waals surface area contributed by atoms with Crippen LogP contribution in [0.5, 0.6) is 0 Å². The number of ether oxygens (including phenoxy) is 4. The molecule has 606 valence electrons. The molecule has 19 heteroatoms. The van der Waals surface area contributed by atoms with Crippen LogP contribution in [0.25, 0.3) is 0 Å². The summed E-state index contributed by atoms with van der Waals surface area (Å²) in [5.41, 5.74) is 0. The highest BCUT2D eigenvalue weighted by Gasteiger charge is 2.30. The van der Waals surface area contributed by atoms with E-state index in [1.807, 2.05) is 0 Å². The molecule has 0 aliphatic rings. The van der Waals surface area contributed by atoms with E-state index in [1.165, 1.54) is 270 Å². The minimum atomic E-state index is -4.96. The molecule has 0 saturated heterocycles. The van der Waals surface area contributed by atoms with Crippen LogP contribution in [0.4, 0.5) is 0 Å². The van der Waals surface area contributed by atoms with Gasteiger partial charge in [-0.15, -0.1) is 0 Å². The molecule has 0 heterocycles. The second kappa shape index (κ2) is 75.9. The molecule has 3 N–H and O–H groups in total. The van der Waals surface area contributed by atoms with Gasteiger partial charge in [0.1, 0.15) is 19.3 Å². The maximum Gasteiger partial charge on any atom is 0.472 e. The number of rotatable bonds is 83. The fourth-order valence-electron chi connectivity index (χ4n) is 12.9. The molecule has 0 radical (unpaired) electrons. The zero-order chi connectivity index (χ0) is 74.8. The lowest BCUT2D eigenvalue weighted by molar-refractivity contribution is -0.161. The number of carbonyl (C=O) groups is 4. The average Bonchev–Trinajstić information content (AvgIpc) is 0.921. The summed E-state index contributed by atoms with van der Waals surface area (Å²) in [7, 11) is -9.92. The SMILES string of the molecule is CCCCCCCCCCCCCCCCCC(=O)OC[C@H](COP(=O)(O)OC[C@@H](O)COP(=O)(O)OC[C@@H](COC(=O)CCCCCCCCCCCC)OC(=O)CCCCCCCCCCCCCCCCC)OC(=O)CCCCCCCCCCCCCCCCCCCCC(C)CC. The number of carbonyl (C=O) groups excluding carboxylic acids is 4. The normalized spacial score (nSPS) is 14.1. The van der Waals surface area contributed by atoms with E-state index in [-0.39, 0.29) is 25.7 Å². The molecule has 0 amide bonds. The van der Waals surface area contributed by atoms with Crippen molar-refractivity contribution in [3.05, 3.63) is 0 Å². The monoisotopic (exact) mass is 1490 g/mol. The maximum atomic E-state index is 13.1. The van der Waals surface area contributed by atoms with Gasteiger partial charge in [0.15, 0.2) is 12.2 Å². The predicted molar refractivity (Wildman–Crippen MR) is 418 cm³/mol. The molecule has 0 bridgehead atoms. The zero-order valence-electron chi connectivity index (χ0n) is 66.8. The Kier molecular flexibility index (Phi) is 74.4. The van der Waals surface area contributed by atoms with Crippen LogP contribution < -0.4 is 0 Å². The van der Waals surface area contributed by atoms with Gasteiger partial charge in [0.25, 0.3) is 0 Å². The van der Waals surface area contributed by atoms with Crippen molar-refractivity contribution in [3.8, 4) is 0 Å². The Hall–Kier alpha value is -1.94. The number of aliphatic hydroxyl groups is 1. The van der Waals surface area contributed by atoms with Crippen molar-refractivity contribution in [2.75, 3.05) is 39.6 Å². The van der Waals surface area contributed by atoms with Crippen molar-refractivity contribution >= 4 is 39.5 Å². The second-order valence-electron chi connectivity index (χ2n) is 30.1. The molecule has 0 fully saturated rings. The number of phosphoric ester groups is 2. The third-order valence-corrected chi connectivity index (χ3v) is 21.8. The van der Waals surface area contributed by atoms with Crippen molar-refractivity contribution in [1.82, 2.24) is 0 Å². The van der Waals surface area contributed by atoms with E-state index in [9.17, 15) is 43.2 Å². The first kappa shape index (κ1) is 100. The van der Waals surface area contributed by atoms with Crippen LogP contribution in [0, 0.1) is 5.92 Å². The van der Waals surface area contributed by atoms with Crippen molar-refractivity contribution in [2.45, 2.75) is 464 Å². The predicted octanol–water partition coefficient (Wildman–Crippen LogP) is 25.2. The Labute approximate surface area is 626 Å². The largest absolute Gasteiger partial charge is 0.472 e. The summed E-state index contributed by atoms with van der Waals surface area (Å²) in [5, 5.41) is 10.7. The van der Waals surface area contributed by atoms with Crippen LogP contribution in [-0.4, -0.2) is 96.7 Å². The Morgan fingerprint density at radius 3 is 0.696 bits per heavy atom. The molecule has 0 aliphatic carbocycles. The van der Waals surface area contributed by atoms with Crippen LogP contribution in [0.15, 0.2) is 0 Å². The van der Waals surface area contributed by atoms with E-state index in [2.05, 4.69) is 34.6 Å². The molecule has 0 spiro atoms. The summed E-state index contributed by atoms with van der Waals surface area (Å²) in [4.78, 5) is 73.1. The van der Waals surface area contributed by atoms with Crippen LogP contribution in [0.3, 0.4) is 0 Å². The lowest BCUT2D eigenvalue weighted by Crippen LogP contribution is -2.30. The molecule has 17 nitrogen and oxygen atoms in total. The number of hydrogen-bond donors (Lipinski definition) is 3. The van der Waals surface area contributed by atoms with Crippen molar-refractivity contribution in [2.24, 2.45) is 5.92 Å². The summed E-state index contributed by atoms with van der Waals surface area (Å²) < 4.78 is 68.8. The fraction of sp³-hybridized carbons (Fsp3) is 0.952. The smallest absolute Gasteiger partial charge is 0.462 e. The van der Waals surface area contributed by atoms with Crippen LogP contribution >= 0.6 is 15.6 Å². The molecular formula is C83H162O17P2. The van der Waals surface area contributed by atoms with E-state index < -0.39 is 97.5 Å². The van der Waals surface area contributed by atoms with E-state index in [1.54, 1.807) is 0 Å². The first-order valence-electron chi connectivity index (χ1n) is 43.2. The van der Waals surface area contributed by atoms with Gasteiger partial charge in [-0.1, -0.05) is 394 Å². The van der Waals surface area contributed by atoms with Gasteiger partial charge in [0.2, 0.25) is 0 Å². The Balaban J connectivity index is 5.21. The molecule has 0 aromatic carbocycles. The van der Waals surface area contributed by atoms with Gasteiger partial charge in [0.05, 0.1) is 26.4 Å². The highest BCUT2D eigenvalue weighted by atomic mass is 31.2. The van der Waals surface area contributed by atoms with Crippen LogP contribution in [0.1, 0.15) is 446 Å². The molecule has 6 atom stereocenters. The van der Waals surface area contributed by atoms with Crippen molar-refractivity contribution in [3.63, 3.8) is 0 Å². The third-order valence-electron chi connectivity index (χ3n) is 19.9. The molecule has 0 aromatic heterocycles. The minimum Gasteiger partial charge on any atom is -0.462 e. The molecule has 0 saturated carbocycles. The van der Waals surface area contributed by atoms with E-state index in [4.69, 9.17) is 37.0 Å². The maximum absolute atomic E-state index is 13.1. The highest BCUT2D eigenvalue weighted by molar-refractivity contribution is 7.47. The molecule has 0 rings (SSSR count). The fourth-order valence-corrected chi connectivity index (χ4v) is 14.5. The van der Waals surface area contributed by atoms with E-state index in [0.29, 0.717) is 25.7 Å². The number of unbranched alkanes of at least 4 members (excludes halogenated alkanes) is 54. The first-order chi connectivity index (χ1) is 49.6. The van der Waals surface area contributed by atoms with E-state index >= 15 is 0 Å². The quantitative estimate of drug-likeness (QED) is 0.0222. The first-order valence-corrected chi connectivity index (χ1v) is 46.2. The van der Waals surface area contributed by atoms with Gasteiger partial charge in [-0.25, -0.2) is 9.13 Å². The van der Waals surface area contributed by atoms with Crippen LogP contribution in [0.2, 0.25) is 0 Å². The Morgan fingerprint density at radius 1 is 0.275 bits per heavy atom. The van der Waals surface area contributed by atoms with Gasteiger partial charge in [-0.3, -0.25) is 37.3 Å².